The van der Waals surface area contributed by atoms with Gasteiger partial charge in [-0.05, 0) is 59.6 Å². The molecule has 0 aliphatic heterocycles. The van der Waals surface area contributed by atoms with Crippen molar-refractivity contribution in [3.05, 3.63) is 83.4 Å². The van der Waals surface area contributed by atoms with Crippen LogP contribution in [0.4, 0.5) is 0 Å². The van der Waals surface area contributed by atoms with Crippen LogP contribution in [0.15, 0.2) is 66.7 Å². The summed E-state index contributed by atoms with van der Waals surface area (Å²) >= 11 is 0. The lowest BCUT2D eigenvalue weighted by Gasteiger charge is -2.32. The monoisotopic (exact) mass is 359 g/mol. The molecule has 1 saturated carbocycles. The second kappa shape index (κ2) is 8.24. The largest absolute Gasteiger partial charge is 0.392 e. The van der Waals surface area contributed by atoms with E-state index in [-0.39, 0.29) is 6.61 Å². The highest BCUT2D eigenvalue weighted by Gasteiger charge is 2.24. The van der Waals surface area contributed by atoms with E-state index >= 15 is 0 Å². The first kappa shape index (κ1) is 18.2. The minimum absolute atomic E-state index is 0.123. The summed E-state index contributed by atoms with van der Waals surface area (Å²) in [5, 5.41) is 15.8. The van der Waals surface area contributed by atoms with Crippen LogP contribution in [0.5, 0.6) is 0 Å². The number of nitrogens with one attached hydrogen (secondary N) is 1. The summed E-state index contributed by atoms with van der Waals surface area (Å²) < 4.78 is 0. The molecule has 140 valence electrons. The summed E-state index contributed by atoms with van der Waals surface area (Å²) in [5.74, 6) is 0.615. The van der Waals surface area contributed by atoms with Crippen LogP contribution in [-0.4, -0.2) is 11.1 Å². The van der Waals surface area contributed by atoms with E-state index in [4.69, 9.17) is 0 Å². The zero-order chi connectivity index (χ0) is 18.6. The molecule has 27 heavy (non-hydrogen) atoms. The van der Waals surface area contributed by atoms with Gasteiger partial charge in [-0.1, -0.05) is 73.2 Å². The molecule has 2 nitrogen and oxygen atoms in total. The number of hydrogen-bond donors (Lipinski definition) is 2. The SMILES string of the molecule is CC(NC1CCC[C@H](c2ccc(CO)cc2)C1)c1cccc2ccccc12. The van der Waals surface area contributed by atoms with Gasteiger partial charge in [-0.2, -0.15) is 0 Å². The number of rotatable bonds is 5. The summed E-state index contributed by atoms with van der Waals surface area (Å²) in [7, 11) is 0. The van der Waals surface area contributed by atoms with E-state index in [1.54, 1.807) is 0 Å². The van der Waals surface area contributed by atoms with Gasteiger partial charge in [0.1, 0.15) is 0 Å². The molecule has 1 aliphatic carbocycles. The second-order valence-electron chi connectivity index (χ2n) is 7.92. The average Bonchev–Trinajstić information content (AvgIpc) is 2.73. The van der Waals surface area contributed by atoms with Crippen LogP contribution in [0.2, 0.25) is 0 Å². The molecule has 2 unspecified atom stereocenters. The predicted octanol–water partition coefficient (Wildman–Crippen LogP) is 5.71. The van der Waals surface area contributed by atoms with Crippen molar-refractivity contribution >= 4 is 10.8 Å². The Balaban J connectivity index is 1.46. The molecule has 2 heteroatoms. The van der Waals surface area contributed by atoms with Gasteiger partial charge in [0.2, 0.25) is 0 Å². The van der Waals surface area contributed by atoms with Crippen LogP contribution in [-0.2, 0) is 6.61 Å². The quantitative estimate of drug-likeness (QED) is 0.611. The summed E-state index contributed by atoms with van der Waals surface area (Å²) in [6, 6.07) is 24.7. The topological polar surface area (TPSA) is 32.3 Å². The molecule has 2 N–H and O–H groups in total. The number of hydrogen-bond acceptors (Lipinski definition) is 2. The lowest BCUT2D eigenvalue weighted by Crippen LogP contribution is -2.35. The first-order valence-corrected chi connectivity index (χ1v) is 10.2. The maximum atomic E-state index is 9.25. The van der Waals surface area contributed by atoms with E-state index in [1.807, 2.05) is 0 Å². The lowest BCUT2D eigenvalue weighted by atomic mass is 9.81. The van der Waals surface area contributed by atoms with Gasteiger partial charge >= 0.3 is 0 Å². The van der Waals surface area contributed by atoms with E-state index in [2.05, 4.69) is 79.0 Å². The van der Waals surface area contributed by atoms with Crippen LogP contribution >= 0.6 is 0 Å². The fraction of sp³-hybridized carbons (Fsp3) is 0.360. The van der Waals surface area contributed by atoms with E-state index in [9.17, 15) is 5.11 Å². The molecule has 1 fully saturated rings. The van der Waals surface area contributed by atoms with E-state index in [0.717, 1.165) is 5.56 Å². The summed E-state index contributed by atoms with van der Waals surface area (Å²) in [6.45, 7) is 2.42. The molecule has 0 radical (unpaired) electrons. The lowest BCUT2D eigenvalue weighted by molar-refractivity contribution is 0.281. The smallest absolute Gasteiger partial charge is 0.0681 e. The van der Waals surface area contributed by atoms with Crippen LogP contribution < -0.4 is 5.32 Å². The molecule has 0 spiro atoms. The summed E-state index contributed by atoms with van der Waals surface area (Å²) in [4.78, 5) is 0. The molecule has 3 aromatic rings. The zero-order valence-electron chi connectivity index (χ0n) is 16.1. The number of benzene rings is 3. The van der Waals surface area contributed by atoms with Gasteiger partial charge in [-0.25, -0.2) is 0 Å². The van der Waals surface area contributed by atoms with Crippen molar-refractivity contribution in [2.24, 2.45) is 0 Å². The highest BCUT2D eigenvalue weighted by atomic mass is 16.3. The van der Waals surface area contributed by atoms with Gasteiger partial charge in [0.05, 0.1) is 6.61 Å². The van der Waals surface area contributed by atoms with Gasteiger partial charge in [-0.15, -0.1) is 0 Å². The molecular formula is C25H29NO. The molecular weight excluding hydrogens is 330 g/mol. The Bertz CT molecular complexity index is 881. The Hall–Kier alpha value is -2.16. The van der Waals surface area contributed by atoms with Gasteiger partial charge in [0, 0.05) is 12.1 Å². The Labute approximate surface area is 162 Å². The highest BCUT2D eigenvalue weighted by molar-refractivity contribution is 5.86. The molecule has 1 aliphatic rings. The second-order valence-corrected chi connectivity index (χ2v) is 7.92. The van der Waals surface area contributed by atoms with Crippen LogP contribution in [0, 0.1) is 0 Å². The van der Waals surface area contributed by atoms with Gasteiger partial charge in [0.15, 0.2) is 0 Å². The number of aliphatic hydroxyl groups excluding tert-OH is 1. The predicted molar refractivity (Wildman–Crippen MR) is 113 cm³/mol. The molecule has 0 bridgehead atoms. The fourth-order valence-electron chi connectivity index (χ4n) is 4.61. The van der Waals surface area contributed by atoms with Crippen molar-refractivity contribution < 1.29 is 5.11 Å². The van der Waals surface area contributed by atoms with Crippen LogP contribution in [0.1, 0.15) is 61.3 Å². The molecule has 3 aromatic carbocycles. The maximum absolute atomic E-state index is 9.25. The average molecular weight is 360 g/mol. The fourth-order valence-corrected chi connectivity index (χ4v) is 4.61. The summed E-state index contributed by atoms with van der Waals surface area (Å²) in [5.41, 5.74) is 3.80. The van der Waals surface area contributed by atoms with Crippen molar-refractivity contribution in [1.29, 1.82) is 0 Å². The Morgan fingerprint density at radius 2 is 1.74 bits per heavy atom. The zero-order valence-corrected chi connectivity index (χ0v) is 16.1. The number of aliphatic hydroxyl groups is 1. The van der Waals surface area contributed by atoms with E-state index in [0.29, 0.717) is 18.0 Å². The van der Waals surface area contributed by atoms with Crippen molar-refractivity contribution in [2.45, 2.75) is 57.2 Å². The standard InChI is InChI=1S/C25H29NO/c1-18(24-11-5-7-21-6-2-3-10-25(21)24)26-23-9-4-8-22(16-23)20-14-12-19(17-27)13-15-20/h2-3,5-7,10-15,18,22-23,26-27H,4,8-9,16-17H2,1H3/t18?,22-,23?/m0/s1. The van der Waals surface area contributed by atoms with Gasteiger partial charge < -0.3 is 10.4 Å². The maximum Gasteiger partial charge on any atom is 0.0681 e. The first-order valence-electron chi connectivity index (χ1n) is 10.2. The third kappa shape index (κ3) is 4.07. The molecule has 0 aromatic heterocycles. The van der Waals surface area contributed by atoms with E-state index < -0.39 is 0 Å². The summed E-state index contributed by atoms with van der Waals surface area (Å²) in [6.07, 6.45) is 4.97. The molecule has 0 saturated heterocycles. The Kier molecular flexibility index (Phi) is 5.56. The minimum atomic E-state index is 0.123. The first-order chi connectivity index (χ1) is 13.2. The van der Waals surface area contributed by atoms with Crippen LogP contribution in [0.25, 0.3) is 10.8 Å². The van der Waals surface area contributed by atoms with Crippen molar-refractivity contribution in [1.82, 2.24) is 5.32 Å². The number of fused-ring (bicyclic) bond motifs is 1. The molecule has 0 amide bonds. The van der Waals surface area contributed by atoms with Crippen molar-refractivity contribution in [3.63, 3.8) is 0 Å². The highest BCUT2D eigenvalue weighted by Crippen LogP contribution is 2.34. The van der Waals surface area contributed by atoms with Gasteiger partial charge in [-0.3, -0.25) is 0 Å². The molecule has 3 atom stereocenters. The third-order valence-corrected chi connectivity index (χ3v) is 6.08. The third-order valence-electron chi connectivity index (χ3n) is 6.08. The Morgan fingerprint density at radius 1 is 0.963 bits per heavy atom. The van der Waals surface area contributed by atoms with Crippen LogP contribution in [0.3, 0.4) is 0 Å². The Morgan fingerprint density at radius 3 is 2.56 bits per heavy atom. The van der Waals surface area contributed by atoms with Crippen molar-refractivity contribution in [3.8, 4) is 0 Å². The molecule has 0 heterocycles. The molecule has 4 rings (SSSR count). The normalized spacial score (nSPS) is 21.3. The van der Waals surface area contributed by atoms with Gasteiger partial charge in [0.25, 0.3) is 0 Å². The minimum Gasteiger partial charge on any atom is -0.392 e. The van der Waals surface area contributed by atoms with E-state index in [1.165, 1.54) is 47.6 Å². The van der Waals surface area contributed by atoms with Crippen molar-refractivity contribution in [2.75, 3.05) is 0 Å².